The van der Waals surface area contributed by atoms with Gasteiger partial charge in [0, 0.05) is 6.54 Å². The van der Waals surface area contributed by atoms with Crippen molar-refractivity contribution < 1.29 is 4.74 Å². The van der Waals surface area contributed by atoms with Crippen LogP contribution in [0.15, 0.2) is 30.3 Å². The Labute approximate surface area is 91.1 Å². The minimum absolute atomic E-state index is 0. The lowest BCUT2D eigenvalue weighted by molar-refractivity contribution is -0.0254. The lowest BCUT2D eigenvalue weighted by atomic mass is 10.1. The largest absolute Gasteiger partial charge is 0.359 e. The maximum atomic E-state index is 5.67. The van der Waals surface area contributed by atoms with Crippen LogP contribution in [0, 0.1) is 5.92 Å². The predicted molar refractivity (Wildman–Crippen MR) is 59.5 cm³/mol. The van der Waals surface area contributed by atoms with Crippen LogP contribution in [-0.4, -0.2) is 13.2 Å². The molecule has 3 heteroatoms. The van der Waals surface area contributed by atoms with Crippen molar-refractivity contribution in [3.63, 3.8) is 0 Å². The first-order valence-electron chi connectivity index (χ1n) is 4.76. The number of ether oxygens (including phenoxy) is 1. The number of nitrogens with one attached hydrogen (secondary N) is 1. The molecule has 1 aliphatic rings. The molecule has 1 saturated heterocycles. The van der Waals surface area contributed by atoms with Crippen molar-refractivity contribution in [2.75, 3.05) is 13.2 Å². The van der Waals surface area contributed by atoms with Crippen LogP contribution in [0.5, 0.6) is 0 Å². The lowest BCUT2D eigenvalue weighted by Gasteiger charge is -2.28. The predicted octanol–water partition coefficient (Wildman–Crippen LogP) is 2.36. The maximum Gasteiger partial charge on any atom is 0.134 e. The van der Waals surface area contributed by atoms with Gasteiger partial charge in [0.1, 0.15) is 6.23 Å². The van der Waals surface area contributed by atoms with E-state index in [0.717, 1.165) is 13.2 Å². The molecule has 1 aromatic rings. The van der Waals surface area contributed by atoms with Crippen LogP contribution in [-0.2, 0) is 4.74 Å². The molecular weight excluding hydrogens is 198 g/mol. The summed E-state index contributed by atoms with van der Waals surface area (Å²) in [4.78, 5) is 0. The van der Waals surface area contributed by atoms with E-state index in [2.05, 4.69) is 24.4 Å². The minimum Gasteiger partial charge on any atom is -0.359 e. The van der Waals surface area contributed by atoms with Gasteiger partial charge in [0.15, 0.2) is 0 Å². The highest BCUT2D eigenvalue weighted by Crippen LogP contribution is 2.18. The molecule has 1 aliphatic heterocycles. The quantitative estimate of drug-likeness (QED) is 0.774. The van der Waals surface area contributed by atoms with Crippen molar-refractivity contribution in [3.05, 3.63) is 35.9 Å². The topological polar surface area (TPSA) is 21.3 Å². The van der Waals surface area contributed by atoms with E-state index in [1.807, 2.05) is 18.2 Å². The second kappa shape index (κ2) is 5.35. The van der Waals surface area contributed by atoms with Crippen molar-refractivity contribution in [2.24, 2.45) is 5.92 Å². The summed E-state index contributed by atoms with van der Waals surface area (Å²) in [7, 11) is 0. The van der Waals surface area contributed by atoms with Gasteiger partial charge in [0.05, 0.1) is 6.61 Å². The van der Waals surface area contributed by atoms with Gasteiger partial charge in [-0.2, -0.15) is 0 Å². The zero-order valence-electron chi connectivity index (χ0n) is 8.27. The number of halogens is 1. The number of hydrogen-bond acceptors (Lipinski definition) is 2. The minimum atomic E-state index is 0. The average molecular weight is 214 g/mol. The van der Waals surface area contributed by atoms with Gasteiger partial charge in [-0.1, -0.05) is 37.3 Å². The molecule has 1 N–H and O–H groups in total. The molecule has 0 bridgehead atoms. The van der Waals surface area contributed by atoms with Gasteiger partial charge in [0.25, 0.3) is 0 Å². The van der Waals surface area contributed by atoms with Crippen molar-refractivity contribution in [2.45, 2.75) is 13.2 Å². The van der Waals surface area contributed by atoms with E-state index in [0.29, 0.717) is 5.92 Å². The van der Waals surface area contributed by atoms with E-state index >= 15 is 0 Å². The summed E-state index contributed by atoms with van der Waals surface area (Å²) in [5.41, 5.74) is 1.22. The van der Waals surface area contributed by atoms with Crippen LogP contribution >= 0.6 is 12.4 Å². The Kier molecular flexibility index (Phi) is 4.39. The molecule has 2 rings (SSSR count). The summed E-state index contributed by atoms with van der Waals surface area (Å²) in [6, 6.07) is 10.3. The van der Waals surface area contributed by atoms with Crippen LogP contribution in [0.25, 0.3) is 0 Å². The SMILES string of the molecule is CC1CNC(c2ccccc2)OC1.Cl. The fourth-order valence-electron chi connectivity index (χ4n) is 1.53. The molecule has 0 amide bonds. The van der Waals surface area contributed by atoms with Gasteiger partial charge >= 0.3 is 0 Å². The Hall–Kier alpha value is -0.570. The van der Waals surface area contributed by atoms with Crippen molar-refractivity contribution in [1.29, 1.82) is 0 Å². The van der Waals surface area contributed by atoms with Gasteiger partial charge in [-0.25, -0.2) is 0 Å². The molecule has 2 atom stereocenters. The van der Waals surface area contributed by atoms with E-state index < -0.39 is 0 Å². The summed E-state index contributed by atoms with van der Waals surface area (Å²) < 4.78 is 5.67. The summed E-state index contributed by atoms with van der Waals surface area (Å²) >= 11 is 0. The Morgan fingerprint density at radius 1 is 1.29 bits per heavy atom. The van der Waals surface area contributed by atoms with Gasteiger partial charge in [-0.15, -0.1) is 12.4 Å². The fraction of sp³-hybridized carbons (Fsp3) is 0.455. The van der Waals surface area contributed by atoms with Crippen molar-refractivity contribution >= 4 is 12.4 Å². The van der Waals surface area contributed by atoms with E-state index in [4.69, 9.17) is 4.74 Å². The first kappa shape index (κ1) is 11.5. The summed E-state index contributed by atoms with van der Waals surface area (Å²) in [6.45, 7) is 4.08. The van der Waals surface area contributed by atoms with Crippen LogP contribution in [0.3, 0.4) is 0 Å². The Morgan fingerprint density at radius 2 is 2.00 bits per heavy atom. The smallest absolute Gasteiger partial charge is 0.134 e. The molecule has 1 fully saturated rings. The lowest BCUT2D eigenvalue weighted by Crippen LogP contribution is -2.36. The van der Waals surface area contributed by atoms with Gasteiger partial charge < -0.3 is 4.74 Å². The van der Waals surface area contributed by atoms with E-state index in [1.165, 1.54) is 5.56 Å². The average Bonchev–Trinajstić information content (AvgIpc) is 2.20. The van der Waals surface area contributed by atoms with E-state index in [1.54, 1.807) is 0 Å². The second-order valence-electron chi connectivity index (χ2n) is 3.64. The second-order valence-corrected chi connectivity index (χ2v) is 3.64. The Morgan fingerprint density at radius 3 is 2.57 bits per heavy atom. The molecule has 0 saturated carbocycles. The standard InChI is InChI=1S/C11H15NO.ClH/c1-9-7-12-11(13-8-9)10-5-3-2-4-6-10;/h2-6,9,11-12H,7-8H2,1H3;1H. The summed E-state index contributed by atoms with van der Waals surface area (Å²) in [5.74, 6) is 0.625. The molecular formula is C11H16ClNO. The maximum absolute atomic E-state index is 5.67. The van der Waals surface area contributed by atoms with Crippen LogP contribution in [0.1, 0.15) is 18.7 Å². The van der Waals surface area contributed by atoms with Gasteiger partial charge in [-0.05, 0) is 11.5 Å². The molecule has 1 aromatic carbocycles. The highest BCUT2D eigenvalue weighted by Gasteiger charge is 2.18. The highest BCUT2D eigenvalue weighted by molar-refractivity contribution is 5.85. The molecule has 1 heterocycles. The van der Waals surface area contributed by atoms with Crippen molar-refractivity contribution in [1.82, 2.24) is 5.32 Å². The Balaban J connectivity index is 0.000000980. The molecule has 0 aromatic heterocycles. The monoisotopic (exact) mass is 213 g/mol. The summed E-state index contributed by atoms with van der Waals surface area (Å²) in [6.07, 6.45) is 0.0948. The molecule has 2 unspecified atom stereocenters. The number of rotatable bonds is 1. The zero-order valence-corrected chi connectivity index (χ0v) is 9.09. The van der Waals surface area contributed by atoms with E-state index in [-0.39, 0.29) is 18.6 Å². The van der Waals surface area contributed by atoms with Crippen LogP contribution < -0.4 is 5.32 Å². The third-order valence-corrected chi connectivity index (χ3v) is 2.30. The van der Waals surface area contributed by atoms with Gasteiger partial charge in [-0.3, -0.25) is 5.32 Å². The fourth-order valence-corrected chi connectivity index (χ4v) is 1.53. The molecule has 0 spiro atoms. The van der Waals surface area contributed by atoms with Crippen LogP contribution in [0.4, 0.5) is 0 Å². The third-order valence-electron chi connectivity index (χ3n) is 2.30. The molecule has 0 aliphatic carbocycles. The first-order chi connectivity index (χ1) is 6.36. The van der Waals surface area contributed by atoms with E-state index in [9.17, 15) is 0 Å². The molecule has 0 radical (unpaired) electrons. The van der Waals surface area contributed by atoms with Crippen LogP contribution in [0.2, 0.25) is 0 Å². The normalized spacial score (nSPS) is 26.6. The summed E-state index contributed by atoms with van der Waals surface area (Å²) in [5, 5.41) is 3.36. The molecule has 78 valence electrons. The Bertz CT molecular complexity index is 257. The first-order valence-corrected chi connectivity index (χ1v) is 4.76. The number of hydrogen-bond donors (Lipinski definition) is 1. The van der Waals surface area contributed by atoms with Crippen molar-refractivity contribution in [3.8, 4) is 0 Å². The van der Waals surface area contributed by atoms with Gasteiger partial charge in [0.2, 0.25) is 0 Å². The molecule has 14 heavy (non-hydrogen) atoms. The number of benzene rings is 1. The zero-order chi connectivity index (χ0) is 9.10. The third kappa shape index (κ3) is 2.71. The molecule has 2 nitrogen and oxygen atoms in total. The highest BCUT2D eigenvalue weighted by atomic mass is 35.5.